The Morgan fingerprint density at radius 1 is 1.00 bits per heavy atom. The fraction of sp³-hybridized carbons (Fsp3) is 0.136. The van der Waals surface area contributed by atoms with Gasteiger partial charge in [-0.3, -0.25) is 9.10 Å². The van der Waals surface area contributed by atoms with E-state index in [1.165, 1.54) is 12.1 Å². The first-order valence-corrected chi connectivity index (χ1v) is 12.5. The summed E-state index contributed by atoms with van der Waals surface area (Å²) in [6.07, 6.45) is 0. The van der Waals surface area contributed by atoms with E-state index in [-0.39, 0.29) is 20.6 Å². The first-order chi connectivity index (χ1) is 15.2. The highest BCUT2D eigenvalue weighted by molar-refractivity contribution is 9.10. The zero-order valence-electron chi connectivity index (χ0n) is 16.9. The topological polar surface area (TPSA) is 75.7 Å². The van der Waals surface area contributed by atoms with E-state index in [9.17, 15) is 13.2 Å². The predicted molar refractivity (Wildman–Crippen MR) is 131 cm³/mol. The Balaban J connectivity index is 1.96. The smallest absolute Gasteiger partial charge is 0.264 e. The Labute approximate surface area is 205 Å². The molecule has 0 heterocycles. The molecule has 0 aromatic heterocycles. The second kappa shape index (κ2) is 10.6. The molecule has 3 aromatic carbocycles. The van der Waals surface area contributed by atoms with Crippen molar-refractivity contribution in [2.24, 2.45) is 0 Å². The van der Waals surface area contributed by atoms with Crippen molar-refractivity contribution in [2.75, 3.05) is 22.8 Å². The number of nitrogens with one attached hydrogen (secondary N) is 1. The number of nitrogens with zero attached hydrogens (tertiary/aromatic N) is 1. The minimum Gasteiger partial charge on any atom is -0.494 e. The molecule has 168 valence electrons. The monoisotopic (exact) mass is 556 g/mol. The molecule has 0 radical (unpaired) electrons. The molecule has 0 saturated carbocycles. The fourth-order valence-corrected chi connectivity index (χ4v) is 5.03. The van der Waals surface area contributed by atoms with E-state index in [0.717, 1.165) is 8.78 Å². The van der Waals surface area contributed by atoms with Crippen LogP contribution in [0.15, 0.2) is 76.1 Å². The van der Waals surface area contributed by atoms with Crippen molar-refractivity contribution in [3.8, 4) is 5.75 Å². The molecule has 3 aromatic rings. The molecule has 3 rings (SSSR count). The quantitative estimate of drug-likeness (QED) is 0.369. The Kier molecular flexibility index (Phi) is 8.05. The lowest BCUT2D eigenvalue weighted by Gasteiger charge is -2.24. The molecular formula is C22H19BrCl2N2O4S. The van der Waals surface area contributed by atoms with Crippen molar-refractivity contribution in [2.45, 2.75) is 11.8 Å². The summed E-state index contributed by atoms with van der Waals surface area (Å²) in [5, 5.41) is 3.09. The maximum Gasteiger partial charge on any atom is 0.264 e. The van der Waals surface area contributed by atoms with Crippen LogP contribution in [-0.4, -0.2) is 27.5 Å². The van der Waals surface area contributed by atoms with E-state index in [4.69, 9.17) is 27.9 Å². The van der Waals surface area contributed by atoms with Crippen molar-refractivity contribution >= 4 is 66.4 Å². The van der Waals surface area contributed by atoms with Crippen LogP contribution in [0, 0.1) is 0 Å². The van der Waals surface area contributed by atoms with Gasteiger partial charge in [0, 0.05) is 4.47 Å². The summed E-state index contributed by atoms with van der Waals surface area (Å²) in [6.45, 7) is 1.83. The van der Waals surface area contributed by atoms with Gasteiger partial charge >= 0.3 is 0 Å². The zero-order valence-corrected chi connectivity index (χ0v) is 20.8. The SMILES string of the molecule is CCOc1ccc(N(CC(=O)Nc2c(Cl)cccc2Cl)S(=O)(=O)c2ccc(Br)cc2)cc1. The van der Waals surface area contributed by atoms with Gasteiger partial charge in [-0.15, -0.1) is 0 Å². The van der Waals surface area contributed by atoms with Crippen LogP contribution >= 0.6 is 39.1 Å². The van der Waals surface area contributed by atoms with Crippen molar-refractivity contribution < 1.29 is 17.9 Å². The van der Waals surface area contributed by atoms with Crippen LogP contribution in [-0.2, 0) is 14.8 Å². The number of hydrogen-bond donors (Lipinski definition) is 1. The lowest BCUT2D eigenvalue weighted by molar-refractivity contribution is -0.114. The third-order valence-electron chi connectivity index (χ3n) is 4.35. The van der Waals surface area contributed by atoms with Crippen molar-refractivity contribution in [3.63, 3.8) is 0 Å². The minimum absolute atomic E-state index is 0.0400. The summed E-state index contributed by atoms with van der Waals surface area (Å²) >= 11 is 15.5. The average molecular weight is 558 g/mol. The van der Waals surface area contributed by atoms with E-state index in [1.54, 1.807) is 54.6 Å². The van der Waals surface area contributed by atoms with Gasteiger partial charge in [-0.2, -0.15) is 0 Å². The summed E-state index contributed by atoms with van der Waals surface area (Å²) in [5.41, 5.74) is 0.519. The van der Waals surface area contributed by atoms with Gasteiger partial charge in [0.2, 0.25) is 5.91 Å². The second-order valence-electron chi connectivity index (χ2n) is 6.54. The summed E-state index contributed by atoms with van der Waals surface area (Å²) in [6, 6.07) is 17.4. The number of halogens is 3. The Morgan fingerprint density at radius 3 is 2.16 bits per heavy atom. The van der Waals surface area contributed by atoms with Crippen LogP contribution in [0.3, 0.4) is 0 Å². The van der Waals surface area contributed by atoms with E-state index < -0.39 is 22.5 Å². The van der Waals surface area contributed by atoms with E-state index in [2.05, 4.69) is 21.2 Å². The van der Waals surface area contributed by atoms with Crippen LogP contribution in [0.1, 0.15) is 6.92 Å². The van der Waals surface area contributed by atoms with Gasteiger partial charge in [-0.05, 0) is 67.6 Å². The highest BCUT2D eigenvalue weighted by Gasteiger charge is 2.27. The first kappa shape index (κ1) is 24.4. The summed E-state index contributed by atoms with van der Waals surface area (Å²) in [4.78, 5) is 12.9. The molecule has 6 nitrogen and oxygen atoms in total. The standard InChI is InChI=1S/C22H19BrCl2N2O4S/c1-2-31-17-10-8-16(9-11-17)27(32(29,30)18-12-6-15(23)7-13-18)14-21(28)26-22-19(24)4-3-5-20(22)25/h3-13H,2,14H2,1H3,(H,26,28). The number of anilines is 2. The predicted octanol–water partition coefficient (Wildman–Crippen LogP) is 5.99. The molecule has 10 heteroatoms. The highest BCUT2D eigenvalue weighted by Crippen LogP contribution is 2.31. The molecule has 0 spiro atoms. The highest BCUT2D eigenvalue weighted by atomic mass is 79.9. The van der Waals surface area contributed by atoms with Crippen LogP contribution in [0.5, 0.6) is 5.75 Å². The molecule has 0 aliphatic carbocycles. The van der Waals surface area contributed by atoms with Gasteiger partial charge in [-0.1, -0.05) is 45.2 Å². The number of ether oxygens (including phenoxy) is 1. The molecule has 0 fully saturated rings. The van der Waals surface area contributed by atoms with Gasteiger partial charge in [0.05, 0.1) is 32.9 Å². The second-order valence-corrected chi connectivity index (χ2v) is 10.1. The molecule has 0 unspecified atom stereocenters. The van der Waals surface area contributed by atoms with Crippen molar-refractivity contribution in [1.29, 1.82) is 0 Å². The third-order valence-corrected chi connectivity index (χ3v) is 7.30. The molecule has 0 bridgehead atoms. The normalized spacial score (nSPS) is 11.1. The Morgan fingerprint density at radius 2 is 1.59 bits per heavy atom. The number of sulfonamides is 1. The number of para-hydroxylation sites is 1. The Hall–Kier alpha value is -2.26. The van der Waals surface area contributed by atoms with Crippen LogP contribution in [0.25, 0.3) is 0 Å². The van der Waals surface area contributed by atoms with Gasteiger partial charge in [0.15, 0.2) is 0 Å². The first-order valence-electron chi connectivity index (χ1n) is 9.47. The van der Waals surface area contributed by atoms with Crippen LogP contribution in [0.2, 0.25) is 10.0 Å². The molecule has 1 amide bonds. The van der Waals surface area contributed by atoms with E-state index in [1.807, 2.05) is 6.92 Å². The lowest BCUT2D eigenvalue weighted by atomic mass is 10.3. The summed E-state index contributed by atoms with van der Waals surface area (Å²) < 4.78 is 34.0. The van der Waals surface area contributed by atoms with E-state index >= 15 is 0 Å². The molecule has 0 saturated heterocycles. The fourth-order valence-electron chi connectivity index (χ4n) is 2.85. The van der Waals surface area contributed by atoms with Crippen LogP contribution < -0.4 is 14.4 Å². The van der Waals surface area contributed by atoms with Gasteiger partial charge < -0.3 is 10.1 Å². The largest absolute Gasteiger partial charge is 0.494 e. The summed E-state index contributed by atoms with van der Waals surface area (Å²) in [5.74, 6) is -0.0147. The average Bonchev–Trinajstić information content (AvgIpc) is 2.76. The number of carbonyl (C=O) groups is 1. The van der Waals surface area contributed by atoms with Crippen LogP contribution in [0.4, 0.5) is 11.4 Å². The molecule has 0 aliphatic heterocycles. The van der Waals surface area contributed by atoms with Crippen molar-refractivity contribution in [1.82, 2.24) is 0 Å². The number of carbonyl (C=O) groups excluding carboxylic acids is 1. The molecule has 1 N–H and O–H groups in total. The van der Waals surface area contributed by atoms with Gasteiger partial charge in [0.25, 0.3) is 10.0 Å². The maximum atomic E-state index is 13.4. The lowest BCUT2D eigenvalue weighted by Crippen LogP contribution is -2.38. The molecule has 32 heavy (non-hydrogen) atoms. The molecular weight excluding hydrogens is 539 g/mol. The van der Waals surface area contributed by atoms with Gasteiger partial charge in [0.1, 0.15) is 12.3 Å². The maximum absolute atomic E-state index is 13.4. The zero-order chi connectivity index (χ0) is 23.3. The van der Waals surface area contributed by atoms with Crippen molar-refractivity contribution in [3.05, 3.63) is 81.2 Å². The Bertz CT molecular complexity index is 1180. The van der Waals surface area contributed by atoms with Gasteiger partial charge in [-0.25, -0.2) is 8.42 Å². The summed E-state index contributed by atoms with van der Waals surface area (Å²) in [7, 11) is -4.06. The number of amides is 1. The minimum atomic E-state index is -4.06. The molecule has 0 atom stereocenters. The molecule has 0 aliphatic rings. The number of hydrogen-bond acceptors (Lipinski definition) is 4. The third kappa shape index (κ3) is 5.75. The number of benzene rings is 3. The van der Waals surface area contributed by atoms with E-state index in [0.29, 0.717) is 18.0 Å². The number of rotatable bonds is 8.